The van der Waals surface area contributed by atoms with Crippen molar-refractivity contribution in [1.82, 2.24) is 15.2 Å². The van der Waals surface area contributed by atoms with Crippen LogP contribution in [0.2, 0.25) is 0 Å². The molecule has 29 heavy (non-hydrogen) atoms. The van der Waals surface area contributed by atoms with Gasteiger partial charge in [-0.15, -0.1) is 0 Å². The number of aromatic nitrogens is 1. The number of nitrogens with one attached hydrogen (secondary N) is 1. The summed E-state index contributed by atoms with van der Waals surface area (Å²) in [5.74, 6) is 1.60. The van der Waals surface area contributed by atoms with E-state index in [2.05, 4.69) is 22.1 Å². The molecule has 2 aliphatic rings. The van der Waals surface area contributed by atoms with E-state index in [0.29, 0.717) is 24.8 Å². The van der Waals surface area contributed by atoms with Gasteiger partial charge in [-0.25, -0.2) is 0 Å². The lowest BCUT2D eigenvalue weighted by atomic mass is 10.0. The molecule has 2 aliphatic heterocycles. The maximum Gasteiger partial charge on any atom is 0.253 e. The zero-order valence-corrected chi connectivity index (χ0v) is 17.2. The van der Waals surface area contributed by atoms with Crippen molar-refractivity contribution in [3.8, 4) is 11.5 Å². The SMILES string of the molecule is Cc1ccc2c(c1)OC(CN1CCCCC1CNC(=O)c1cccnc1C)CO2. The molecule has 1 fully saturated rings. The summed E-state index contributed by atoms with van der Waals surface area (Å²) in [5, 5.41) is 3.11. The summed E-state index contributed by atoms with van der Waals surface area (Å²) in [5.41, 5.74) is 2.57. The van der Waals surface area contributed by atoms with Crippen LogP contribution in [-0.4, -0.2) is 54.2 Å². The summed E-state index contributed by atoms with van der Waals surface area (Å²) in [6, 6.07) is 9.98. The number of hydrogen-bond acceptors (Lipinski definition) is 5. The molecule has 6 nitrogen and oxygen atoms in total. The molecule has 0 saturated carbocycles. The van der Waals surface area contributed by atoms with E-state index in [4.69, 9.17) is 9.47 Å². The Morgan fingerprint density at radius 2 is 2.14 bits per heavy atom. The molecule has 4 rings (SSSR count). The smallest absolute Gasteiger partial charge is 0.253 e. The molecule has 154 valence electrons. The lowest BCUT2D eigenvalue weighted by molar-refractivity contribution is 0.0341. The standard InChI is InChI=1S/C23H29N3O3/c1-16-8-9-21-22(12-16)29-19(15-28-21)14-26-11-4-3-6-18(26)13-25-23(27)20-7-5-10-24-17(20)2/h5,7-10,12,18-19H,3-4,6,11,13-15H2,1-2H3,(H,25,27). The number of fused-ring (bicyclic) bond motifs is 1. The normalized spacial score (nSPS) is 21.6. The van der Waals surface area contributed by atoms with Gasteiger partial charge in [-0.1, -0.05) is 12.5 Å². The van der Waals surface area contributed by atoms with Gasteiger partial charge in [0.05, 0.1) is 5.56 Å². The van der Waals surface area contributed by atoms with Gasteiger partial charge >= 0.3 is 0 Å². The first-order valence-corrected chi connectivity index (χ1v) is 10.4. The van der Waals surface area contributed by atoms with Crippen molar-refractivity contribution in [2.24, 2.45) is 0 Å². The van der Waals surface area contributed by atoms with Crippen molar-refractivity contribution in [2.45, 2.75) is 45.3 Å². The molecule has 0 radical (unpaired) electrons. The highest BCUT2D eigenvalue weighted by atomic mass is 16.6. The summed E-state index contributed by atoms with van der Waals surface area (Å²) < 4.78 is 12.1. The van der Waals surface area contributed by atoms with E-state index in [1.54, 1.807) is 12.3 Å². The van der Waals surface area contributed by atoms with Crippen LogP contribution in [0.4, 0.5) is 0 Å². The van der Waals surface area contributed by atoms with Gasteiger partial charge in [0.2, 0.25) is 0 Å². The number of hydrogen-bond donors (Lipinski definition) is 1. The largest absolute Gasteiger partial charge is 0.486 e. The Balaban J connectivity index is 1.35. The predicted molar refractivity (Wildman–Crippen MR) is 112 cm³/mol. The summed E-state index contributed by atoms with van der Waals surface area (Å²) >= 11 is 0. The fraction of sp³-hybridized carbons (Fsp3) is 0.478. The zero-order chi connectivity index (χ0) is 20.2. The van der Waals surface area contributed by atoms with Crippen molar-refractivity contribution >= 4 is 5.91 Å². The molecule has 3 heterocycles. The van der Waals surface area contributed by atoms with Gasteiger partial charge in [0, 0.05) is 31.0 Å². The van der Waals surface area contributed by atoms with Crippen LogP contribution in [0.5, 0.6) is 11.5 Å². The van der Waals surface area contributed by atoms with Gasteiger partial charge in [0.15, 0.2) is 11.5 Å². The number of rotatable bonds is 5. The molecule has 2 unspecified atom stereocenters. The van der Waals surface area contributed by atoms with Crippen molar-refractivity contribution in [3.05, 3.63) is 53.3 Å². The molecule has 0 aliphatic carbocycles. The van der Waals surface area contributed by atoms with Crippen LogP contribution in [0.3, 0.4) is 0 Å². The molecule has 1 N–H and O–H groups in total. The van der Waals surface area contributed by atoms with E-state index < -0.39 is 0 Å². The highest BCUT2D eigenvalue weighted by molar-refractivity contribution is 5.95. The van der Waals surface area contributed by atoms with E-state index >= 15 is 0 Å². The number of piperidine rings is 1. The highest BCUT2D eigenvalue weighted by Gasteiger charge is 2.29. The Kier molecular flexibility index (Phi) is 6.00. The molecule has 1 aromatic carbocycles. The maximum atomic E-state index is 12.6. The average Bonchev–Trinajstić information content (AvgIpc) is 2.73. The average molecular weight is 396 g/mol. The molecular formula is C23H29N3O3. The molecule has 1 saturated heterocycles. The Morgan fingerprint density at radius 3 is 3.00 bits per heavy atom. The molecule has 0 bridgehead atoms. The third-order valence-electron chi connectivity index (χ3n) is 5.75. The Hall–Kier alpha value is -2.60. The molecular weight excluding hydrogens is 366 g/mol. The van der Waals surface area contributed by atoms with Crippen LogP contribution in [0.25, 0.3) is 0 Å². The van der Waals surface area contributed by atoms with Crippen LogP contribution in [-0.2, 0) is 0 Å². The number of amides is 1. The van der Waals surface area contributed by atoms with E-state index in [0.717, 1.165) is 42.3 Å². The van der Waals surface area contributed by atoms with Gasteiger partial charge < -0.3 is 14.8 Å². The fourth-order valence-corrected chi connectivity index (χ4v) is 4.14. The van der Waals surface area contributed by atoms with Crippen molar-refractivity contribution in [1.29, 1.82) is 0 Å². The van der Waals surface area contributed by atoms with Crippen LogP contribution < -0.4 is 14.8 Å². The van der Waals surface area contributed by atoms with Crippen LogP contribution in [0, 0.1) is 13.8 Å². The second-order valence-electron chi connectivity index (χ2n) is 7.99. The minimum Gasteiger partial charge on any atom is -0.486 e. The van der Waals surface area contributed by atoms with Gasteiger partial charge in [0.1, 0.15) is 12.7 Å². The number of pyridine rings is 1. The van der Waals surface area contributed by atoms with Crippen LogP contribution in [0.15, 0.2) is 36.5 Å². The Labute approximate surface area is 172 Å². The number of aryl methyl sites for hydroxylation is 2. The number of carbonyl (C=O) groups is 1. The van der Waals surface area contributed by atoms with Gasteiger partial charge in [-0.05, 0) is 63.1 Å². The minimum atomic E-state index is -0.0530. The topological polar surface area (TPSA) is 63.7 Å². The van der Waals surface area contributed by atoms with Crippen molar-refractivity contribution in [3.63, 3.8) is 0 Å². The molecule has 2 atom stereocenters. The first-order chi connectivity index (χ1) is 14.1. The number of carbonyl (C=O) groups excluding carboxylic acids is 1. The van der Waals surface area contributed by atoms with E-state index in [-0.39, 0.29) is 12.0 Å². The zero-order valence-electron chi connectivity index (χ0n) is 17.2. The van der Waals surface area contributed by atoms with Gasteiger partial charge in [0.25, 0.3) is 5.91 Å². The number of benzene rings is 1. The summed E-state index contributed by atoms with van der Waals surface area (Å²) in [4.78, 5) is 19.2. The third kappa shape index (κ3) is 4.70. The lowest BCUT2D eigenvalue weighted by Gasteiger charge is -2.38. The fourth-order valence-electron chi connectivity index (χ4n) is 4.14. The monoisotopic (exact) mass is 395 g/mol. The molecule has 2 aromatic rings. The first kappa shape index (κ1) is 19.7. The summed E-state index contributed by atoms with van der Waals surface area (Å²) in [6.45, 7) is 6.94. The highest BCUT2D eigenvalue weighted by Crippen LogP contribution is 2.33. The van der Waals surface area contributed by atoms with Crippen LogP contribution in [0.1, 0.15) is 40.9 Å². The summed E-state index contributed by atoms with van der Waals surface area (Å²) in [6.07, 6.45) is 5.15. The Morgan fingerprint density at radius 1 is 1.24 bits per heavy atom. The molecule has 6 heteroatoms. The number of ether oxygens (including phenoxy) is 2. The molecule has 1 aromatic heterocycles. The summed E-state index contributed by atoms with van der Waals surface area (Å²) in [7, 11) is 0. The Bertz CT molecular complexity index is 870. The lowest BCUT2D eigenvalue weighted by Crippen LogP contribution is -2.51. The second kappa shape index (κ2) is 8.82. The van der Waals surface area contributed by atoms with Crippen molar-refractivity contribution in [2.75, 3.05) is 26.2 Å². The van der Waals surface area contributed by atoms with Gasteiger partial charge in [-0.2, -0.15) is 0 Å². The van der Waals surface area contributed by atoms with Gasteiger partial charge in [-0.3, -0.25) is 14.7 Å². The number of likely N-dealkylation sites (tertiary alicyclic amines) is 1. The van der Waals surface area contributed by atoms with E-state index in [9.17, 15) is 4.79 Å². The van der Waals surface area contributed by atoms with Crippen molar-refractivity contribution < 1.29 is 14.3 Å². The maximum absolute atomic E-state index is 12.6. The predicted octanol–water partition coefficient (Wildman–Crippen LogP) is 3.12. The quantitative estimate of drug-likeness (QED) is 0.843. The minimum absolute atomic E-state index is 0.00108. The van der Waals surface area contributed by atoms with E-state index in [1.165, 1.54) is 12.8 Å². The van der Waals surface area contributed by atoms with Crippen LogP contribution >= 0.6 is 0 Å². The molecule has 0 spiro atoms. The van der Waals surface area contributed by atoms with E-state index in [1.807, 2.05) is 31.2 Å². The second-order valence-corrected chi connectivity index (χ2v) is 7.99. The first-order valence-electron chi connectivity index (χ1n) is 10.4. The molecule has 1 amide bonds. The number of nitrogens with zero attached hydrogens (tertiary/aromatic N) is 2. The third-order valence-corrected chi connectivity index (χ3v) is 5.75.